The second kappa shape index (κ2) is 5.58. The number of hydrogen-bond acceptors (Lipinski definition) is 3. The van der Waals surface area contributed by atoms with E-state index in [1.807, 2.05) is 6.92 Å². The molecule has 13 heavy (non-hydrogen) atoms. The Morgan fingerprint density at radius 1 is 1.38 bits per heavy atom. The number of ether oxygens (including phenoxy) is 2. The summed E-state index contributed by atoms with van der Waals surface area (Å²) in [6, 6.07) is 0.142. The first kappa shape index (κ1) is 11.0. The van der Waals surface area contributed by atoms with Crippen LogP contribution in [0, 0.1) is 0 Å². The van der Waals surface area contributed by atoms with E-state index in [1.54, 1.807) is 7.11 Å². The van der Waals surface area contributed by atoms with Crippen molar-refractivity contribution in [2.45, 2.75) is 50.9 Å². The molecule has 0 radical (unpaired) electrons. The molecule has 0 amide bonds. The highest BCUT2D eigenvalue weighted by atomic mass is 16.5. The molecule has 0 bridgehead atoms. The summed E-state index contributed by atoms with van der Waals surface area (Å²) in [6.07, 6.45) is 5.34. The van der Waals surface area contributed by atoms with Gasteiger partial charge < -0.3 is 15.2 Å². The number of hydrogen-bond donors (Lipinski definition) is 1. The third-order valence-corrected chi connectivity index (χ3v) is 2.51. The average molecular weight is 187 g/mol. The molecule has 0 aliphatic heterocycles. The van der Waals surface area contributed by atoms with Crippen LogP contribution < -0.4 is 5.73 Å². The standard InChI is InChI=1S/C10H21NO2/c1-8(11)7-13-10-5-3-4-9(6-10)12-2/h8-10H,3-7,11H2,1-2H3/t8-,9?,10?/m1/s1. The molecule has 2 N–H and O–H groups in total. The van der Waals surface area contributed by atoms with E-state index in [9.17, 15) is 0 Å². The molecule has 1 saturated carbocycles. The first-order valence-corrected chi connectivity index (χ1v) is 5.12. The Hall–Kier alpha value is -0.120. The highest BCUT2D eigenvalue weighted by Gasteiger charge is 2.22. The van der Waals surface area contributed by atoms with E-state index in [-0.39, 0.29) is 6.04 Å². The lowest BCUT2D eigenvalue weighted by molar-refractivity contribution is -0.0320. The van der Waals surface area contributed by atoms with Crippen molar-refractivity contribution < 1.29 is 9.47 Å². The molecule has 0 aromatic rings. The molecule has 3 heteroatoms. The van der Waals surface area contributed by atoms with Gasteiger partial charge in [-0.05, 0) is 32.6 Å². The summed E-state index contributed by atoms with van der Waals surface area (Å²) in [6.45, 7) is 2.64. The summed E-state index contributed by atoms with van der Waals surface area (Å²) >= 11 is 0. The van der Waals surface area contributed by atoms with Crippen molar-refractivity contribution in [1.29, 1.82) is 0 Å². The predicted octanol–water partition coefficient (Wildman–Crippen LogP) is 1.31. The Morgan fingerprint density at radius 3 is 2.69 bits per heavy atom. The number of nitrogens with two attached hydrogens (primary N) is 1. The number of methoxy groups -OCH3 is 1. The molecule has 0 aromatic carbocycles. The maximum Gasteiger partial charge on any atom is 0.0618 e. The Balaban J connectivity index is 2.18. The van der Waals surface area contributed by atoms with Crippen molar-refractivity contribution in [1.82, 2.24) is 0 Å². The zero-order valence-electron chi connectivity index (χ0n) is 8.66. The van der Waals surface area contributed by atoms with E-state index in [2.05, 4.69) is 0 Å². The molecule has 1 fully saturated rings. The fourth-order valence-corrected chi connectivity index (χ4v) is 1.76. The monoisotopic (exact) mass is 187 g/mol. The van der Waals surface area contributed by atoms with Gasteiger partial charge in [-0.15, -0.1) is 0 Å². The van der Waals surface area contributed by atoms with Gasteiger partial charge in [0.25, 0.3) is 0 Å². The molecule has 1 rings (SSSR count). The van der Waals surface area contributed by atoms with E-state index in [1.165, 1.54) is 12.8 Å². The molecule has 2 unspecified atom stereocenters. The van der Waals surface area contributed by atoms with Crippen LogP contribution in [0.1, 0.15) is 32.6 Å². The summed E-state index contributed by atoms with van der Waals surface area (Å²) in [7, 11) is 1.78. The minimum atomic E-state index is 0.142. The van der Waals surface area contributed by atoms with Gasteiger partial charge in [0, 0.05) is 13.2 Å². The van der Waals surface area contributed by atoms with Crippen LogP contribution >= 0.6 is 0 Å². The summed E-state index contributed by atoms with van der Waals surface area (Å²) in [5.41, 5.74) is 5.62. The molecule has 3 atom stereocenters. The lowest BCUT2D eigenvalue weighted by Gasteiger charge is -2.28. The SMILES string of the molecule is COC1CCCC(OC[C@@H](C)N)C1. The van der Waals surface area contributed by atoms with Gasteiger partial charge >= 0.3 is 0 Å². The highest BCUT2D eigenvalue weighted by molar-refractivity contribution is 4.73. The van der Waals surface area contributed by atoms with Crippen LogP contribution in [-0.4, -0.2) is 32.0 Å². The zero-order chi connectivity index (χ0) is 9.68. The minimum absolute atomic E-state index is 0.142. The molecule has 1 aliphatic rings. The van der Waals surface area contributed by atoms with Gasteiger partial charge in [-0.1, -0.05) is 0 Å². The van der Waals surface area contributed by atoms with Gasteiger partial charge in [0.05, 0.1) is 18.8 Å². The molecule has 0 spiro atoms. The number of rotatable bonds is 4. The van der Waals surface area contributed by atoms with Crippen molar-refractivity contribution in [2.75, 3.05) is 13.7 Å². The fraction of sp³-hybridized carbons (Fsp3) is 1.00. The molecule has 0 aromatic heterocycles. The first-order valence-electron chi connectivity index (χ1n) is 5.12. The van der Waals surface area contributed by atoms with Crippen molar-refractivity contribution in [2.24, 2.45) is 5.73 Å². The van der Waals surface area contributed by atoms with Crippen LogP contribution in [0.4, 0.5) is 0 Å². The van der Waals surface area contributed by atoms with Gasteiger partial charge in [0.2, 0.25) is 0 Å². The van der Waals surface area contributed by atoms with Gasteiger partial charge in [-0.3, -0.25) is 0 Å². The van der Waals surface area contributed by atoms with Gasteiger partial charge in [0.1, 0.15) is 0 Å². The average Bonchev–Trinajstić information content (AvgIpc) is 2.15. The maximum absolute atomic E-state index is 5.67. The lowest BCUT2D eigenvalue weighted by atomic mass is 9.95. The van der Waals surface area contributed by atoms with Crippen molar-refractivity contribution in [3.63, 3.8) is 0 Å². The summed E-state index contributed by atoms with van der Waals surface area (Å²) in [5.74, 6) is 0. The molecular formula is C10H21NO2. The van der Waals surface area contributed by atoms with Crippen LogP contribution in [0.25, 0.3) is 0 Å². The molecular weight excluding hydrogens is 166 g/mol. The fourth-order valence-electron chi connectivity index (χ4n) is 1.76. The van der Waals surface area contributed by atoms with Crippen molar-refractivity contribution in [3.05, 3.63) is 0 Å². The van der Waals surface area contributed by atoms with Crippen molar-refractivity contribution in [3.8, 4) is 0 Å². The van der Waals surface area contributed by atoms with E-state index in [0.717, 1.165) is 12.8 Å². The van der Waals surface area contributed by atoms with Crippen LogP contribution in [0.3, 0.4) is 0 Å². The molecule has 0 heterocycles. The third kappa shape index (κ3) is 4.07. The largest absolute Gasteiger partial charge is 0.381 e. The predicted molar refractivity (Wildman–Crippen MR) is 52.7 cm³/mol. The molecule has 78 valence electrons. The van der Waals surface area contributed by atoms with Gasteiger partial charge in [0.15, 0.2) is 0 Å². The highest BCUT2D eigenvalue weighted by Crippen LogP contribution is 2.22. The van der Waals surface area contributed by atoms with E-state index >= 15 is 0 Å². The van der Waals surface area contributed by atoms with Crippen molar-refractivity contribution >= 4 is 0 Å². The van der Waals surface area contributed by atoms with Gasteiger partial charge in [-0.2, -0.15) is 0 Å². The van der Waals surface area contributed by atoms with Crippen LogP contribution in [0.2, 0.25) is 0 Å². The second-order valence-corrected chi connectivity index (χ2v) is 3.96. The van der Waals surface area contributed by atoms with E-state index in [4.69, 9.17) is 15.2 Å². The Labute approximate surface area is 80.6 Å². The first-order chi connectivity index (χ1) is 6.22. The summed E-state index contributed by atoms with van der Waals surface area (Å²) in [4.78, 5) is 0. The topological polar surface area (TPSA) is 44.5 Å². The van der Waals surface area contributed by atoms with Crippen LogP contribution in [-0.2, 0) is 9.47 Å². The van der Waals surface area contributed by atoms with E-state index < -0.39 is 0 Å². The maximum atomic E-state index is 5.67. The van der Waals surface area contributed by atoms with E-state index in [0.29, 0.717) is 18.8 Å². The molecule has 1 aliphatic carbocycles. The summed E-state index contributed by atoms with van der Waals surface area (Å²) < 4.78 is 11.0. The zero-order valence-corrected chi connectivity index (χ0v) is 8.66. The molecule has 3 nitrogen and oxygen atoms in total. The Kier molecular flexibility index (Phi) is 4.70. The molecule has 0 saturated heterocycles. The lowest BCUT2D eigenvalue weighted by Crippen LogP contribution is -2.31. The van der Waals surface area contributed by atoms with Crippen LogP contribution in [0.15, 0.2) is 0 Å². The third-order valence-electron chi connectivity index (χ3n) is 2.51. The van der Waals surface area contributed by atoms with Gasteiger partial charge in [-0.25, -0.2) is 0 Å². The second-order valence-electron chi connectivity index (χ2n) is 3.96. The Bertz CT molecular complexity index is 139. The summed E-state index contributed by atoms with van der Waals surface area (Å²) in [5, 5.41) is 0. The minimum Gasteiger partial charge on any atom is -0.381 e. The normalized spacial score (nSPS) is 31.6. The van der Waals surface area contributed by atoms with Crippen LogP contribution in [0.5, 0.6) is 0 Å². The Morgan fingerprint density at radius 2 is 2.08 bits per heavy atom. The smallest absolute Gasteiger partial charge is 0.0618 e. The quantitative estimate of drug-likeness (QED) is 0.721.